The van der Waals surface area contributed by atoms with Gasteiger partial charge in [-0.3, -0.25) is 4.90 Å². The lowest BCUT2D eigenvalue weighted by Crippen LogP contribution is -2.29. The minimum atomic E-state index is 0.329. The Balaban J connectivity index is 1.88. The maximum absolute atomic E-state index is 8.88. The third-order valence-electron chi connectivity index (χ3n) is 3.42. The number of likely N-dealkylation sites (tertiary alicyclic amines) is 1. The predicted octanol–water partition coefficient (Wildman–Crippen LogP) is 2.42. The average molecular weight is 219 g/mol. The highest BCUT2D eigenvalue weighted by molar-refractivity contribution is 5.14. The standard InChI is InChI=1S/C14H21NO/c16-11-5-9-14-8-4-10-15(14)12-13-6-2-1-3-7-13/h1-3,6-7,14,16H,4-5,8-12H2/t14-/m1/s1. The van der Waals surface area contributed by atoms with Crippen molar-refractivity contribution in [2.24, 2.45) is 0 Å². The minimum Gasteiger partial charge on any atom is -0.396 e. The first-order valence-electron chi connectivity index (χ1n) is 6.29. The number of rotatable bonds is 5. The van der Waals surface area contributed by atoms with Crippen LogP contribution in [0.15, 0.2) is 30.3 Å². The third kappa shape index (κ3) is 3.06. The molecule has 2 rings (SSSR count). The Morgan fingerprint density at radius 3 is 2.81 bits per heavy atom. The fourth-order valence-electron chi connectivity index (χ4n) is 2.58. The van der Waals surface area contributed by atoms with Gasteiger partial charge in [0, 0.05) is 19.2 Å². The smallest absolute Gasteiger partial charge is 0.0431 e. The molecule has 1 N–H and O–H groups in total. The number of aliphatic hydroxyl groups excluding tert-OH is 1. The monoisotopic (exact) mass is 219 g/mol. The summed E-state index contributed by atoms with van der Waals surface area (Å²) in [6, 6.07) is 11.4. The molecule has 2 nitrogen and oxygen atoms in total. The summed E-state index contributed by atoms with van der Waals surface area (Å²) in [5.41, 5.74) is 1.40. The molecule has 1 fully saturated rings. The fourth-order valence-corrected chi connectivity index (χ4v) is 2.58. The van der Waals surface area contributed by atoms with Crippen LogP contribution in [-0.4, -0.2) is 29.2 Å². The van der Waals surface area contributed by atoms with E-state index in [-0.39, 0.29) is 0 Å². The first-order valence-corrected chi connectivity index (χ1v) is 6.29. The van der Waals surface area contributed by atoms with Crippen molar-refractivity contribution in [1.82, 2.24) is 4.90 Å². The Bertz CT molecular complexity index is 299. The lowest BCUT2D eigenvalue weighted by Gasteiger charge is -2.24. The highest BCUT2D eigenvalue weighted by Gasteiger charge is 2.23. The van der Waals surface area contributed by atoms with Gasteiger partial charge in [0.05, 0.1) is 0 Å². The van der Waals surface area contributed by atoms with Crippen molar-refractivity contribution in [1.29, 1.82) is 0 Å². The van der Waals surface area contributed by atoms with Gasteiger partial charge in [-0.05, 0) is 37.8 Å². The Morgan fingerprint density at radius 1 is 1.25 bits per heavy atom. The van der Waals surface area contributed by atoms with Crippen molar-refractivity contribution in [3.05, 3.63) is 35.9 Å². The molecule has 0 bridgehead atoms. The molecule has 1 heterocycles. The predicted molar refractivity (Wildman–Crippen MR) is 66.2 cm³/mol. The molecule has 1 aromatic carbocycles. The molecule has 1 aliphatic heterocycles. The van der Waals surface area contributed by atoms with E-state index in [1.807, 2.05) is 0 Å². The molecule has 0 aromatic heterocycles. The summed E-state index contributed by atoms with van der Waals surface area (Å²) in [5.74, 6) is 0. The molecule has 0 saturated carbocycles. The molecule has 0 spiro atoms. The second kappa shape index (κ2) is 6.02. The van der Waals surface area contributed by atoms with Gasteiger partial charge in [0.25, 0.3) is 0 Å². The molecule has 0 amide bonds. The van der Waals surface area contributed by atoms with E-state index in [9.17, 15) is 0 Å². The van der Waals surface area contributed by atoms with E-state index in [1.54, 1.807) is 0 Å². The van der Waals surface area contributed by atoms with Crippen molar-refractivity contribution in [3.63, 3.8) is 0 Å². The van der Waals surface area contributed by atoms with E-state index in [4.69, 9.17) is 5.11 Å². The van der Waals surface area contributed by atoms with Gasteiger partial charge in [-0.25, -0.2) is 0 Å². The van der Waals surface area contributed by atoms with Gasteiger partial charge in [-0.1, -0.05) is 30.3 Å². The normalized spacial score (nSPS) is 21.4. The molecule has 0 radical (unpaired) electrons. The van der Waals surface area contributed by atoms with E-state index < -0.39 is 0 Å². The third-order valence-corrected chi connectivity index (χ3v) is 3.42. The molecular weight excluding hydrogens is 198 g/mol. The second-order valence-corrected chi connectivity index (χ2v) is 4.62. The number of aliphatic hydroxyl groups is 1. The second-order valence-electron chi connectivity index (χ2n) is 4.62. The molecule has 1 aromatic rings. The average Bonchev–Trinajstić information content (AvgIpc) is 2.75. The number of benzene rings is 1. The van der Waals surface area contributed by atoms with E-state index >= 15 is 0 Å². The Kier molecular flexibility index (Phi) is 4.37. The van der Waals surface area contributed by atoms with Gasteiger partial charge in [-0.2, -0.15) is 0 Å². The van der Waals surface area contributed by atoms with Gasteiger partial charge in [0.15, 0.2) is 0 Å². The van der Waals surface area contributed by atoms with Crippen molar-refractivity contribution in [2.75, 3.05) is 13.2 Å². The zero-order valence-corrected chi connectivity index (χ0v) is 9.81. The highest BCUT2D eigenvalue weighted by Crippen LogP contribution is 2.23. The van der Waals surface area contributed by atoms with Crippen molar-refractivity contribution >= 4 is 0 Å². The topological polar surface area (TPSA) is 23.5 Å². The number of hydrogen-bond acceptors (Lipinski definition) is 2. The first kappa shape index (κ1) is 11.6. The van der Waals surface area contributed by atoms with Crippen molar-refractivity contribution in [2.45, 2.75) is 38.3 Å². The van der Waals surface area contributed by atoms with Crippen LogP contribution in [0.2, 0.25) is 0 Å². The summed E-state index contributed by atoms with van der Waals surface area (Å²) in [6.45, 7) is 2.61. The molecule has 88 valence electrons. The van der Waals surface area contributed by atoms with Crippen LogP contribution < -0.4 is 0 Å². The summed E-state index contributed by atoms with van der Waals surface area (Å²) in [5, 5.41) is 8.88. The van der Waals surface area contributed by atoms with Crippen molar-refractivity contribution in [3.8, 4) is 0 Å². The van der Waals surface area contributed by atoms with Crippen LogP contribution in [0.25, 0.3) is 0 Å². The summed E-state index contributed by atoms with van der Waals surface area (Å²) in [4.78, 5) is 2.56. The quantitative estimate of drug-likeness (QED) is 0.822. The SMILES string of the molecule is OCCC[C@H]1CCCN1Cc1ccccc1. The molecule has 0 unspecified atom stereocenters. The molecule has 1 aliphatic rings. The van der Waals surface area contributed by atoms with Gasteiger partial charge >= 0.3 is 0 Å². The maximum atomic E-state index is 8.88. The van der Waals surface area contributed by atoms with Gasteiger partial charge in [0.1, 0.15) is 0 Å². The first-order chi connectivity index (χ1) is 7.90. The molecular formula is C14H21NO. The van der Waals surface area contributed by atoms with Crippen LogP contribution in [0.1, 0.15) is 31.2 Å². The maximum Gasteiger partial charge on any atom is 0.0431 e. The lowest BCUT2D eigenvalue weighted by atomic mass is 10.1. The summed E-state index contributed by atoms with van der Waals surface area (Å²) in [7, 11) is 0. The van der Waals surface area contributed by atoms with Gasteiger partial charge in [-0.15, -0.1) is 0 Å². The summed E-state index contributed by atoms with van der Waals surface area (Å²) >= 11 is 0. The van der Waals surface area contributed by atoms with E-state index in [0.29, 0.717) is 12.6 Å². The molecule has 1 atom stereocenters. The largest absolute Gasteiger partial charge is 0.396 e. The molecule has 0 aliphatic carbocycles. The van der Waals surface area contributed by atoms with E-state index in [1.165, 1.54) is 24.9 Å². The van der Waals surface area contributed by atoms with Gasteiger partial charge < -0.3 is 5.11 Å². The molecule has 16 heavy (non-hydrogen) atoms. The Morgan fingerprint density at radius 2 is 2.06 bits per heavy atom. The van der Waals surface area contributed by atoms with Crippen LogP contribution in [0.3, 0.4) is 0 Å². The minimum absolute atomic E-state index is 0.329. The zero-order valence-electron chi connectivity index (χ0n) is 9.81. The van der Waals surface area contributed by atoms with E-state index in [0.717, 1.165) is 19.4 Å². The van der Waals surface area contributed by atoms with E-state index in [2.05, 4.69) is 35.2 Å². The highest BCUT2D eigenvalue weighted by atomic mass is 16.2. The van der Waals surface area contributed by atoms with Crippen LogP contribution >= 0.6 is 0 Å². The Labute approximate surface area is 97.9 Å². The van der Waals surface area contributed by atoms with Crippen LogP contribution in [0.5, 0.6) is 0 Å². The zero-order chi connectivity index (χ0) is 11.2. The van der Waals surface area contributed by atoms with Crippen molar-refractivity contribution < 1.29 is 5.11 Å². The van der Waals surface area contributed by atoms with Crippen LogP contribution in [0, 0.1) is 0 Å². The molecule has 2 heteroatoms. The van der Waals surface area contributed by atoms with Crippen LogP contribution in [0.4, 0.5) is 0 Å². The van der Waals surface area contributed by atoms with Crippen LogP contribution in [-0.2, 0) is 6.54 Å². The van der Waals surface area contributed by atoms with Gasteiger partial charge in [0.2, 0.25) is 0 Å². The Hall–Kier alpha value is -0.860. The fraction of sp³-hybridized carbons (Fsp3) is 0.571. The summed E-state index contributed by atoms with van der Waals surface area (Å²) in [6.07, 6.45) is 4.69. The number of nitrogens with zero attached hydrogens (tertiary/aromatic N) is 1. The summed E-state index contributed by atoms with van der Waals surface area (Å²) < 4.78 is 0. The lowest BCUT2D eigenvalue weighted by molar-refractivity contribution is 0.210. The number of hydrogen-bond donors (Lipinski definition) is 1. The molecule has 1 saturated heterocycles.